The van der Waals surface area contributed by atoms with Crippen molar-refractivity contribution in [2.24, 2.45) is 0 Å². The zero-order chi connectivity index (χ0) is 12.0. The molecule has 16 heavy (non-hydrogen) atoms. The summed E-state index contributed by atoms with van der Waals surface area (Å²) in [5.74, 6) is -0.923. The Morgan fingerprint density at radius 3 is 2.88 bits per heavy atom. The van der Waals surface area contributed by atoms with E-state index >= 15 is 0 Å². The molecule has 0 radical (unpaired) electrons. The second-order valence-corrected chi connectivity index (χ2v) is 2.99. The number of ether oxygens (including phenoxy) is 1. The van der Waals surface area contributed by atoms with Crippen molar-refractivity contribution in [3.63, 3.8) is 0 Å². The van der Waals surface area contributed by atoms with Gasteiger partial charge in [-0.25, -0.2) is 0 Å². The Hall–Kier alpha value is -2.11. The number of amides is 1. The number of carbonyl (C=O) groups excluding carboxylic acids is 2. The van der Waals surface area contributed by atoms with Gasteiger partial charge in [-0.05, 0) is 12.1 Å². The Kier molecular flexibility index (Phi) is 4.26. The molecule has 6 nitrogen and oxygen atoms in total. The number of carbonyl (C=O) groups is 2. The van der Waals surface area contributed by atoms with E-state index in [4.69, 9.17) is 0 Å². The molecule has 0 fully saturated rings. The molecule has 0 unspecified atom stereocenters. The van der Waals surface area contributed by atoms with Crippen LogP contribution >= 0.6 is 0 Å². The highest BCUT2D eigenvalue weighted by Crippen LogP contribution is 1.89. The Morgan fingerprint density at radius 2 is 2.25 bits per heavy atom. The SMILES string of the molecule is COC(=O)CCNC(=O)c1ccc[nH]c1=O. The molecule has 0 bridgehead atoms. The van der Waals surface area contributed by atoms with Crippen LogP contribution in [0.25, 0.3) is 0 Å². The number of aromatic amines is 1. The van der Waals surface area contributed by atoms with Crippen LogP contribution in [0.3, 0.4) is 0 Å². The summed E-state index contributed by atoms with van der Waals surface area (Å²) in [6.07, 6.45) is 1.51. The van der Waals surface area contributed by atoms with Crippen LogP contribution in [0.5, 0.6) is 0 Å². The lowest BCUT2D eigenvalue weighted by molar-refractivity contribution is -0.140. The van der Waals surface area contributed by atoms with E-state index in [-0.39, 0.29) is 18.5 Å². The average Bonchev–Trinajstić information content (AvgIpc) is 2.29. The largest absolute Gasteiger partial charge is 0.469 e. The first-order valence-electron chi connectivity index (χ1n) is 4.68. The Bertz CT molecular complexity index is 438. The highest BCUT2D eigenvalue weighted by atomic mass is 16.5. The van der Waals surface area contributed by atoms with Gasteiger partial charge in [0.05, 0.1) is 13.5 Å². The number of rotatable bonds is 4. The summed E-state index contributed by atoms with van der Waals surface area (Å²) in [4.78, 5) is 35.8. The summed E-state index contributed by atoms with van der Waals surface area (Å²) in [5.41, 5.74) is -0.439. The number of aromatic nitrogens is 1. The summed E-state index contributed by atoms with van der Waals surface area (Å²) in [6.45, 7) is 0.139. The fraction of sp³-hybridized carbons (Fsp3) is 0.300. The molecule has 1 rings (SSSR count). The third-order valence-electron chi connectivity index (χ3n) is 1.91. The van der Waals surface area contributed by atoms with Crippen molar-refractivity contribution in [2.75, 3.05) is 13.7 Å². The standard InChI is InChI=1S/C10H12N2O4/c1-16-8(13)4-6-12-10(15)7-3-2-5-11-9(7)14/h2-3,5H,4,6H2,1H3,(H,11,14)(H,12,15). The van der Waals surface area contributed by atoms with E-state index in [1.807, 2.05) is 0 Å². The van der Waals surface area contributed by atoms with E-state index in [2.05, 4.69) is 15.0 Å². The lowest BCUT2D eigenvalue weighted by Gasteiger charge is -2.03. The molecule has 0 aliphatic carbocycles. The second-order valence-electron chi connectivity index (χ2n) is 2.99. The van der Waals surface area contributed by atoms with E-state index in [0.29, 0.717) is 0 Å². The van der Waals surface area contributed by atoms with Crippen molar-refractivity contribution in [1.82, 2.24) is 10.3 Å². The van der Waals surface area contributed by atoms with Crippen molar-refractivity contribution in [2.45, 2.75) is 6.42 Å². The average molecular weight is 224 g/mol. The molecular formula is C10H12N2O4. The zero-order valence-corrected chi connectivity index (χ0v) is 8.78. The smallest absolute Gasteiger partial charge is 0.307 e. The third kappa shape index (κ3) is 3.23. The molecule has 1 heterocycles. The van der Waals surface area contributed by atoms with Crippen LogP contribution in [0, 0.1) is 0 Å². The fourth-order valence-electron chi connectivity index (χ4n) is 1.08. The van der Waals surface area contributed by atoms with Gasteiger partial charge in [0.1, 0.15) is 5.56 Å². The van der Waals surface area contributed by atoms with Gasteiger partial charge in [0.2, 0.25) is 0 Å². The number of H-pyrrole nitrogens is 1. The van der Waals surface area contributed by atoms with Crippen molar-refractivity contribution >= 4 is 11.9 Å². The number of pyridine rings is 1. The maximum atomic E-state index is 11.5. The minimum atomic E-state index is -0.509. The number of esters is 1. The van der Waals surface area contributed by atoms with Gasteiger partial charge in [0, 0.05) is 12.7 Å². The number of nitrogens with one attached hydrogen (secondary N) is 2. The molecule has 6 heteroatoms. The topological polar surface area (TPSA) is 88.3 Å². The molecule has 0 saturated carbocycles. The van der Waals surface area contributed by atoms with Gasteiger partial charge in [-0.15, -0.1) is 0 Å². The van der Waals surface area contributed by atoms with Crippen LogP contribution < -0.4 is 10.9 Å². The fourth-order valence-corrected chi connectivity index (χ4v) is 1.08. The van der Waals surface area contributed by atoms with Gasteiger partial charge in [0.25, 0.3) is 11.5 Å². The summed E-state index contributed by atoms with van der Waals surface area (Å²) in [7, 11) is 1.27. The lowest BCUT2D eigenvalue weighted by atomic mass is 10.2. The van der Waals surface area contributed by atoms with Crippen LogP contribution in [0.4, 0.5) is 0 Å². The predicted molar refractivity (Wildman–Crippen MR) is 56.0 cm³/mol. The normalized spacial score (nSPS) is 9.56. The molecular weight excluding hydrogens is 212 g/mol. The quantitative estimate of drug-likeness (QED) is 0.685. The molecule has 0 aliphatic heterocycles. The summed E-state index contributed by atoms with van der Waals surface area (Å²) in [5, 5.41) is 2.45. The maximum absolute atomic E-state index is 11.5. The first-order valence-corrected chi connectivity index (χ1v) is 4.68. The van der Waals surface area contributed by atoms with Gasteiger partial charge in [-0.3, -0.25) is 14.4 Å². The van der Waals surface area contributed by atoms with E-state index in [9.17, 15) is 14.4 Å². The van der Waals surface area contributed by atoms with Crippen molar-refractivity contribution in [3.05, 3.63) is 34.2 Å². The summed E-state index contributed by atoms with van der Waals surface area (Å²) in [6, 6.07) is 2.96. The number of hydrogen-bond acceptors (Lipinski definition) is 4. The Morgan fingerprint density at radius 1 is 1.50 bits per heavy atom. The van der Waals surface area contributed by atoms with E-state index < -0.39 is 17.4 Å². The molecule has 2 N–H and O–H groups in total. The Balaban J connectivity index is 2.51. The van der Waals surface area contributed by atoms with Gasteiger partial charge in [-0.1, -0.05) is 0 Å². The third-order valence-corrected chi connectivity index (χ3v) is 1.91. The Labute approximate surface area is 91.6 Å². The van der Waals surface area contributed by atoms with E-state index in [1.165, 1.54) is 19.4 Å². The molecule has 1 aromatic heterocycles. The number of hydrogen-bond donors (Lipinski definition) is 2. The molecule has 0 saturated heterocycles. The minimum absolute atomic E-state index is 0.0207. The second kappa shape index (κ2) is 5.69. The van der Waals surface area contributed by atoms with Gasteiger partial charge in [0.15, 0.2) is 0 Å². The van der Waals surface area contributed by atoms with Gasteiger partial charge < -0.3 is 15.0 Å². The summed E-state index contributed by atoms with van der Waals surface area (Å²) < 4.78 is 4.40. The van der Waals surface area contributed by atoms with Crippen LogP contribution in [-0.2, 0) is 9.53 Å². The van der Waals surface area contributed by atoms with Crippen LogP contribution in [0.2, 0.25) is 0 Å². The monoisotopic (exact) mass is 224 g/mol. The molecule has 86 valence electrons. The van der Waals surface area contributed by atoms with Crippen molar-refractivity contribution < 1.29 is 14.3 Å². The number of methoxy groups -OCH3 is 1. The van der Waals surface area contributed by atoms with Crippen LogP contribution in [0.15, 0.2) is 23.1 Å². The first kappa shape index (κ1) is 12.0. The van der Waals surface area contributed by atoms with Crippen LogP contribution in [-0.4, -0.2) is 30.5 Å². The van der Waals surface area contributed by atoms with Crippen LogP contribution in [0.1, 0.15) is 16.8 Å². The van der Waals surface area contributed by atoms with Gasteiger partial charge >= 0.3 is 5.97 Å². The molecule has 1 amide bonds. The predicted octanol–water partition coefficient (Wildman–Crippen LogP) is -0.332. The molecule has 0 aliphatic rings. The lowest BCUT2D eigenvalue weighted by Crippen LogP contribution is -2.31. The highest BCUT2D eigenvalue weighted by molar-refractivity contribution is 5.93. The minimum Gasteiger partial charge on any atom is -0.469 e. The van der Waals surface area contributed by atoms with E-state index in [1.54, 1.807) is 6.07 Å². The van der Waals surface area contributed by atoms with Crippen molar-refractivity contribution in [1.29, 1.82) is 0 Å². The van der Waals surface area contributed by atoms with Gasteiger partial charge in [-0.2, -0.15) is 0 Å². The first-order chi connectivity index (χ1) is 7.65. The molecule has 0 spiro atoms. The maximum Gasteiger partial charge on any atom is 0.307 e. The summed E-state index contributed by atoms with van der Waals surface area (Å²) >= 11 is 0. The molecule has 0 atom stereocenters. The zero-order valence-electron chi connectivity index (χ0n) is 8.78. The molecule has 1 aromatic rings. The molecule has 0 aromatic carbocycles. The van der Waals surface area contributed by atoms with E-state index in [0.717, 1.165) is 0 Å². The highest BCUT2D eigenvalue weighted by Gasteiger charge is 2.09. The van der Waals surface area contributed by atoms with Crippen molar-refractivity contribution in [3.8, 4) is 0 Å².